The SMILES string of the molecule is COc1c(Br)ccc2c1C=C(c1nc3n(n1)CCCC3c1ccccc1C)C2. The van der Waals surface area contributed by atoms with Crippen LogP contribution >= 0.6 is 15.9 Å². The summed E-state index contributed by atoms with van der Waals surface area (Å²) < 4.78 is 8.70. The van der Waals surface area contributed by atoms with E-state index in [1.54, 1.807) is 7.11 Å². The van der Waals surface area contributed by atoms with E-state index < -0.39 is 0 Å². The summed E-state index contributed by atoms with van der Waals surface area (Å²) in [5.74, 6) is 3.16. The van der Waals surface area contributed by atoms with E-state index >= 15 is 0 Å². The van der Waals surface area contributed by atoms with Crippen molar-refractivity contribution >= 4 is 27.6 Å². The Morgan fingerprint density at radius 3 is 2.86 bits per heavy atom. The predicted octanol–water partition coefficient (Wildman–Crippen LogP) is 5.38. The highest BCUT2D eigenvalue weighted by Gasteiger charge is 2.29. The molecule has 142 valence electrons. The lowest BCUT2D eigenvalue weighted by Gasteiger charge is -2.23. The van der Waals surface area contributed by atoms with Gasteiger partial charge in [0.15, 0.2) is 5.82 Å². The van der Waals surface area contributed by atoms with E-state index in [1.807, 2.05) is 6.07 Å². The van der Waals surface area contributed by atoms with E-state index in [4.69, 9.17) is 14.8 Å². The first-order valence-corrected chi connectivity index (χ1v) is 10.5. The maximum Gasteiger partial charge on any atom is 0.177 e. The molecule has 0 saturated carbocycles. The maximum absolute atomic E-state index is 5.60. The molecule has 0 amide bonds. The van der Waals surface area contributed by atoms with E-state index in [9.17, 15) is 0 Å². The largest absolute Gasteiger partial charge is 0.495 e. The standard InChI is InChI=1S/C23H22BrN3O/c1-14-6-3-4-7-17(14)18-8-5-11-27-23(18)25-22(26-27)16-12-15-9-10-20(24)21(28-2)19(15)13-16/h3-4,6-7,9-10,13,18H,5,8,11-12H2,1-2H3. The molecule has 0 bridgehead atoms. The monoisotopic (exact) mass is 435 g/mol. The van der Waals surface area contributed by atoms with Crippen molar-refractivity contribution in [2.75, 3.05) is 7.11 Å². The van der Waals surface area contributed by atoms with Crippen LogP contribution in [0.5, 0.6) is 5.75 Å². The summed E-state index contributed by atoms with van der Waals surface area (Å²) in [6.07, 6.45) is 5.29. The summed E-state index contributed by atoms with van der Waals surface area (Å²) in [5.41, 5.74) is 6.26. The van der Waals surface area contributed by atoms with Crippen molar-refractivity contribution in [3.63, 3.8) is 0 Å². The molecule has 1 atom stereocenters. The Balaban J connectivity index is 1.54. The lowest BCUT2D eigenvalue weighted by Crippen LogP contribution is -2.18. The maximum atomic E-state index is 5.60. The Kier molecular flexibility index (Phi) is 4.35. The molecule has 0 saturated heterocycles. The normalized spacial score (nSPS) is 17.8. The minimum Gasteiger partial charge on any atom is -0.495 e. The number of hydrogen-bond donors (Lipinski definition) is 0. The van der Waals surface area contributed by atoms with Crippen molar-refractivity contribution in [1.82, 2.24) is 14.8 Å². The van der Waals surface area contributed by atoms with Crippen molar-refractivity contribution in [2.45, 2.75) is 38.6 Å². The number of rotatable bonds is 3. The molecule has 3 aromatic rings. The molecule has 5 rings (SSSR count). The molecular weight excluding hydrogens is 414 g/mol. The van der Waals surface area contributed by atoms with Crippen molar-refractivity contribution in [3.05, 3.63) is 74.8 Å². The second kappa shape index (κ2) is 6.89. The number of halogens is 1. The van der Waals surface area contributed by atoms with Gasteiger partial charge < -0.3 is 4.74 Å². The molecule has 4 nitrogen and oxygen atoms in total. The number of benzene rings is 2. The van der Waals surface area contributed by atoms with Crippen LogP contribution in [0.25, 0.3) is 11.6 Å². The van der Waals surface area contributed by atoms with Gasteiger partial charge in [-0.2, -0.15) is 5.10 Å². The van der Waals surface area contributed by atoms with E-state index in [2.05, 4.69) is 63.9 Å². The third-order valence-corrected chi connectivity index (χ3v) is 6.49. The molecule has 1 aliphatic heterocycles. The molecule has 2 aliphatic rings. The Labute approximate surface area is 173 Å². The molecule has 0 radical (unpaired) electrons. The summed E-state index contributed by atoms with van der Waals surface area (Å²) in [6.45, 7) is 3.13. The minimum absolute atomic E-state index is 0.323. The molecule has 1 aromatic heterocycles. The van der Waals surface area contributed by atoms with Crippen molar-refractivity contribution < 1.29 is 4.74 Å². The predicted molar refractivity (Wildman–Crippen MR) is 115 cm³/mol. The van der Waals surface area contributed by atoms with Gasteiger partial charge >= 0.3 is 0 Å². The molecule has 2 heterocycles. The summed E-state index contributed by atoms with van der Waals surface area (Å²) in [5, 5.41) is 4.88. The zero-order valence-corrected chi connectivity index (χ0v) is 17.7. The van der Waals surface area contributed by atoms with Crippen LogP contribution in [0.3, 0.4) is 0 Å². The summed E-state index contributed by atoms with van der Waals surface area (Å²) in [6, 6.07) is 12.8. The quantitative estimate of drug-likeness (QED) is 0.554. The molecular formula is C23H22BrN3O. The Bertz CT molecular complexity index is 1100. The van der Waals surface area contributed by atoms with Crippen LogP contribution in [-0.4, -0.2) is 21.9 Å². The van der Waals surface area contributed by atoms with E-state index in [-0.39, 0.29) is 0 Å². The number of hydrogen-bond acceptors (Lipinski definition) is 3. The van der Waals surface area contributed by atoms with Crippen LogP contribution in [0.2, 0.25) is 0 Å². The summed E-state index contributed by atoms with van der Waals surface area (Å²) >= 11 is 3.58. The first-order valence-electron chi connectivity index (χ1n) is 9.72. The number of aryl methyl sites for hydroxylation is 2. The molecule has 1 aliphatic carbocycles. The lowest BCUT2D eigenvalue weighted by molar-refractivity contribution is 0.411. The van der Waals surface area contributed by atoms with Gasteiger partial charge in [-0.05, 0) is 64.5 Å². The molecule has 1 unspecified atom stereocenters. The fourth-order valence-electron chi connectivity index (χ4n) is 4.47. The number of fused-ring (bicyclic) bond motifs is 2. The number of nitrogens with zero attached hydrogens (tertiary/aromatic N) is 3. The van der Waals surface area contributed by atoms with Crippen molar-refractivity contribution in [3.8, 4) is 5.75 Å². The van der Waals surface area contributed by atoms with E-state index in [1.165, 1.54) is 16.7 Å². The van der Waals surface area contributed by atoms with Crippen LogP contribution in [0.4, 0.5) is 0 Å². The summed E-state index contributed by atoms with van der Waals surface area (Å²) in [4.78, 5) is 5.02. The van der Waals surface area contributed by atoms with Gasteiger partial charge in [0, 0.05) is 30.0 Å². The third kappa shape index (κ3) is 2.80. The minimum atomic E-state index is 0.323. The zero-order valence-electron chi connectivity index (χ0n) is 16.1. The molecule has 28 heavy (non-hydrogen) atoms. The van der Waals surface area contributed by atoms with Gasteiger partial charge in [-0.1, -0.05) is 30.3 Å². The first kappa shape index (κ1) is 17.7. The lowest BCUT2D eigenvalue weighted by atomic mass is 9.88. The smallest absolute Gasteiger partial charge is 0.177 e. The Hall–Kier alpha value is -2.40. The van der Waals surface area contributed by atoms with Gasteiger partial charge in [-0.25, -0.2) is 9.67 Å². The highest BCUT2D eigenvalue weighted by Crippen LogP contribution is 2.41. The average molecular weight is 436 g/mol. The topological polar surface area (TPSA) is 39.9 Å². The van der Waals surface area contributed by atoms with E-state index in [0.29, 0.717) is 5.92 Å². The highest BCUT2D eigenvalue weighted by atomic mass is 79.9. The van der Waals surface area contributed by atoms with Gasteiger partial charge in [-0.15, -0.1) is 0 Å². The zero-order chi connectivity index (χ0) is 19.3. The average Bonchev–Trinajstić information content (AvgIpc) is 3.32. The summed E-state index contributed by atoms with van der Waals surface area (Å²) in [7, 11) is 1.71. The fourth-order valence-corrected chi connectivity index (χ4v) is 4.97. The number of methoxy groups -OCH3 is 1. The molecule has 0 fully saturated rings. The van der Waals surface area contributed by atoms with Crippen LogP contribution in [0, 0.1) is 6.92 Å². The Morgan fingerprint density at radius 2 is 2.04 bits per heavy atom. The number of allylic oxidation sites excluding steroid dienone is 1. The van der Waals surface area contributed by atoms with E-state index in [0.717, 1.165) is 58.8 Å². The van der Waals surface area contributed by atoms with Crippen molar-refractivity contribution in [1.29, 1.82) is 0 Å². The van der Waals surface area contributed by atoms with Crippen LogP contribution in [0.15, 0.2) is 40.9 Å². The highest BCUT2D eigenvalue weighted by molar-refractivity contribution is 9.10. The van der Waals surface area contributed by atoms with Gasteiger partial charge in [-0.3, -0.25) is 0 Å². The van der Waals surface area contributed by atoms with Crippen LogP contribution in [-0.2, 0) is 13.0 Å². The molecule has 5 heteroatoms. The molecule has 0 spiro atoms. The third-order valence-electron chi connectivity index (χ3n) is 5.87. The first-order chi connectivity index (χ1) is 13.7. The second-order valence-corrected chi connectivity index (χ2v) is 8.42. The second-order valence-electron chi connectivity index (χ2n) is 7.57. The van der Waals surface area contributed by atoms with Gasteiger partial charge in [0.2, 0.25) is 0 Å². The molecule has 0 N–H and O–H groups in total. The van der Waals surface area contributed by atoms with Crippen LogP contribution < -0.4 is 4.74 Å². The van der Waals surface area contributed by atoms with Gasteiger partial charge in [0.05, 0.1) is 11.6 Å². The van der Waals surface area contributed by atoms with Crippen molar-refractivity contribution in [2.24, 2.45) is 0 Å². The Morgan fingerprint density at radius 1 is 1.18 bits per heavy atom. The van der Waals surface area contributed by atoms with Crippen LogP contribution in [0.1, 0.15) is 52.7 Å². The number of aromatic nitrogens is 3. The van der Waals surface area contributed by atoms with Gasteiger partial charge in [0.1, 0.15) is 11.6 Å². The molecule has 2 aromatic carbocycles. The number of ether oxygens (including phenoxy) is 1. The fraction of sp³-hybridized carbons (Fsp3) is 0.304. The van der Waals surface area contributed by atoms with Gasteiger partial charge in [0.25, 0.3) is 0 Å².